The summed E-state index contributed by atoms with van der Waals surface area (Å²) < 4.78 is 0. The first kappa shape index (κ1) is 19.3. The zero-order chi connectivity index (χ0) is 20.3. The van der Waals surface area contributed by atoms with Crippen LogP contribution in [0.2, 0.25) is 0 Å². The predicted molar refractivity (Wildman–Crippen MR) is 112 cm³/mol. The highest BCUT2D eigenvalue weighted by atomic mass is 16.2. The summed E-state index contributed by atoms with van der Waals surface area (Å²) in [5, 5.41) is 5.78. The van der Waals surface area contributed by atoms with Crippen LogP contribution in [0.3, 0.4) is 0 Å². The lowest BCUT2D eigenvalue weighted by Crippen LogP contribution is -2.17. The van der Waals surface area contributed by atoms with Crippen molar-refractivity contribution in [2.24, 2.45) is 0 Å². The second-order valence-corrected chi connectivity index (χ2v) is 7.01. The molecule has 2 amide bonds. The van der Waals surface area contributed by atoms with Crippen molar-refractivity contribution in [3.8, 4) is 0 Å². The predicted octanol–water partition coefficient (Wildman–Crippen LogP) is 4.82. The molecule has 0 spiro atoms. The first-order valence-electron chi connectivity index (χ1n) is 9.06. The smallest absolute Gasteiger partial charge is 0.257 e. The molecule has 0 bridgehead atoms. The Balaban J connectivity index is 1.79. The van der Waals surface area contributed by atoms with E-state index in [9.17, 15) is 9.59 Å². The number of hydrogen-bond donors (Lipinski definition) is 2. The Kier molecular flexibility index (Phi) is 5.54. The van der Waals surface area contributed by atoms with Gasteiger partial charge in [-0.2, -0.15) is 0 Å². The Bertz CT molecular complexity index is 977. The standard InChI is InChI=1S/C23H23N3O2/c1-14-5-7-16(3)20(9-14)25-22(27)18-11-19(13-24-12-18)23(28)26-21-10-15(2)6-8-17(21)4/h5-13H,1-4H3,(H,25,27)(H,26,28). The van der Waals surface area contributed by atoms with Crippen molar-refractivity contribution in [2.45, 2.75) is 27.7 Å². The van der Waals surface area contributed by atoms with Gasteiger partial charge in [-0.3, -0.25) is 14.6 Å². The molecule has 28 heavy (non-hydrogen) atoms. The van der Waals surface area contributed by atoms with E-state index in [-0.39, 0.29) is 11.8 Å². The summed E-state index contributed by atoms with van der Waals surface area (Å²) in [7, 11) is 0. The van der Waals surface area contributed by atoms with Crippen LogP contribution in [0.5, 0.6) is 0 Å². The van der Waals surface area contributed by atoms with E-state index >= 15 is 0 Å². The molecule has 1 heterocycles. The van der Waals surface area contributed by atoms with E-state index in [1.54, 1.807) is 6.07 Å². The van der Waals surface area contributed by atoms with Crippen molar-refractivity contribution in [3.63, 3.8) is 0 Å². The Hall–Kier alpha value is -3.47. The van der Waals surface area contributed by atoms with E-state index in [0.29, 0.717) is 11.1 Å². The number of carbonyl (C=O) groups excluding carboxylic acids is 2. The van der Waals surface area contributed by atoms with Gasteiger partial charge in [-0.05, 0) is 68.1 Å². The zero-order valence-corrected chi connectivity index (χ0v) is 16.5. The second kappa shape index (κ2) is 8.05. The van der Waals surface area contributed by atoms with Gasteiger partial charge in [0.2, 0.25) is 0 Å². The lowest BCUT2D eigenvalue weighted by molar-refractivity contribution is 0.102. The third-order valence-electron chi connectivity index (χ3n) is 4.55. The SMILES string of the molecule is Cc1ccc(C)c(NC(=O)c2cncc(C(=O)Nc3cc(C)ccc3C)c2)c1. The van der Waals surface area contributed by atoms with Crippen molar-refractivity contribution in [3.05, 3.63) is 88.2 Å². The number of carbonyl (C=O) groups is 2. The molecule has 0 saturated carbocycles. The van der Waals surface area contributed by atoms with Crippen molar-refractivity contribution < 1.29 is 9.59 Å². The number of aryl methyl sites for hydroxylation is 4. The summed E-state index contributed by atoms with van der Waals surface area (Å²) in [6.45, 7) is 7.80. The molecule has 2 aromatic carbocycles. The van der Waals surface area contributed by atoms with Crippen LogP contribution in [0.1, 0.15) is 43.0 Å². The molecule has 1 aromatic heterocycles. The Morgan fingerprint density at radius 3 is 1.54 bits per heavy atom. The molecule has 3 aromatic rings. The van der Waals surface area contributed by atoms with Crippen LogP contribution in [0.15, 0.2) is 54.9 Å². The lowest BCUT2D eigenvalue weighted by Gasteiger charge is -2.11. The molecule has 5 heteroatoms. The number of nitrogens with one attached hydrogen (secondary N) is 2. The van der Waals surface area contributed by atoms with Gasteiger partial charge >= 0.3 is 0 Å². The van der Waals surface area contributed by atoms with E-state index in [1.165, 1.54) is 12.4 Å². The normalized spacial score (nSPS) is 10.4. The van der Waals surface area contributed by atoms with Crippen molar-refractivity contribution in [1.29, 1.82) is 0 Å². The molecule has 142 valence electrons. The largest absolute Gasteiger partial charge is 0.322 e. The van der Waals surface area contributed by atoms with Gasteiger partial charge in [0.15, 0.2) is 0 Å². The molecule has 0 fully saturated rings. The van der Waals surface area contributed by atoms with E-state index < -0.39 is 0 Å². The number of anilines is 2. The van der Waals surface area contributed by atoms with Crippen LogP contribution in [0.25, 0.3) is 0 Å². The number of rotatable bonds is 4. The number of benzene rings is 2. The minimum Gasteiger partial charge on any atom is -0.322 e. The van der Waals surface area contributed by atoms with Crippen LogP contribution in [0.4, 0.5) is 11.4 Å². The quantitative estimate of drug-likeness (QED) is 0.689. The zero-order valence-electron chi connectivity index (χ0n) is 16.5. The maximum Gasteiger partial charge on any atom is 0.257 e. The molecule has 0 aliphatic carbocycles. The van der Waals surface area contributed by atoms with Crippen molar-refractivity contribution >= 4 is 23.2 Å². The van der Waals surface area contributed by atoms with E-state index in [1.807, 2.05) is 64.1 Å². The highest BCUT2D eigenvalue weighted by Crippen LogP contribution is 2.19. The summed E-state index contributed by atoms with van der Waals surface area (Å²) in [6, 6.07) is 13.3. The molecule has 2 N–H and O–H groups in total. The topological polar surface area (TPSA) is 71.1 Å². The molecule has 0 atom stereocenters. The lowest BCUT2D eigenvalue weighted by atomic mass is 10.1. The molecular formula is C23H23N3O2. The molecule has 0 unspecified atom stereocenters. The second-order valence-electron chi connectivity index (χ2n) is 7.01. The number of pyridine rings is 1. The average molecular weight is 373 g/mol. The van der Waals surface area contributed by atoms with Crippen molar-refractivity contribution in [1.82, 2.24) is 4.98 Å². The highest BCUT2D eigenvalue weighted by Gasteiger charge is 2.13. The van der Waals surface area contributed by atoms with Gasteiger partial charge in [0, 0.05) is 23.8 Å². The van der Waals surface area contributed by atoms with Crippen LogP contribution in [0, 0.1) is 27.7 Å². The fourth-order valence-corrected chi connectivity index (χ4v) is 2.82. The van der Waals surface area contributed by atoms with Gasteiger partial charge in [-0.25, -0.2) is 0 Å². The summed E-state index contributed by atoms with van der Waals surface area (Å²) in [6.07, 6.45) is 2.91. The Labute approximate surface area is 164 Å². The van der Waals surface area contributed by atoms with Gasteiger partial charge in [0.1, 0.15) is 0 Å². The molecule has 0 saturated heterocycles. The van der Waals surface area contributed by atoms with Gasteiger partial charge in [-0.1, -0.05) is 24.3 Å². The fraction of sp³-hybridized carbons (Fsp3) is 0.174. The van der Waals surface area contributed by atoms with Gasteiger partial charge in [0.05, 0.1) is 11.1 Å². The monoisotopic (exact) mass is 373 g/mol. The maximum absolute atomic E-state index is 12.6. The first-order valence-corrected chi connectivity index (χ1v) is 9.06. The van der Waals surface area contributed by atoms with Crippen LogP contribution in [-0.4, -0.2) is 16.8 Å². The van der Waals surface area contributed by atoms with Gasteiger partial charge in [0.25, 0.3) is 11.8 Å². The number of aromatic nitrogens is 1. The fourth-order valence-electron chi connectivity index (χ4n) is 2.82. The summed E-state index contributed by atoms with van der Waals surface area (Å²) in [5.41, 5.74) is 6.20. The Morgan fingerprint density at radius 2 is 1.11 bits per heavy atom. The summed E-state index contributed by atoms with van der Waals surface area (Å²) in [4.78, 5) is 29.3. The van der Waals surface area contributed by atoms with Crippen LogP contribution >= 0.6 is 0 Å². The maximum atomic E-state index is 12.6. The molecule has 3 rings (SSSR count). The average Bonchev–Trinajstić information content (AvgIpc) is 2.67. The van der Waals surface area contributed by atoms with Gasteiger partial charge < -0.3 is 10.6 Å². The number of amides is 2. The third-order valence-corrected chi connectivity index (χ3v) is 4.55. The number of hydrogen-bond acceptors (Lipinski definition) is 3. The molecule has 0 aliphatic rings. The third kappa shape index (κ3) is 4.43. The van der Waals surface area contributed by atoms with Crippen molar-refractivity contribution in [2.75, 3.05) is 10.6 Å². The summed E-state index contributed by atoms with van der Waals surface area (Å²) >= 11 is 0. The minimum absolute atomic E-state index is 0.303. The van der Waals surface area contributed by atoms with Crippen LogP contribution < -0.4 is 10.6 Å². The first-order chi connectivity index (χ1) is 13.3. The Morgan fingerprint density at radius 1 is 0.679 bits per heavy atom. The molecule has 0 radical (unpaired) electrons. The van der Waals surface area contributed by atoms with E-state index in [2.05, 4.69) is 15.6 Å². The minimum atomic E-state index is -0.303. The molecular weight excluding hydrogens is 350 g/mol. The van der Waals surface area contributed by atoms with Crippen LogP contribution in [-0.2, 0) is 0 Å². The summed E-state index contributed by atoms with van der Waals surface area (Å²) in [5.74, 6) is -0.606. The molecule has 5 nitrogen and oxygen atoms in total. The van der Waals surface area contributed by atoms with E-state index in [4.69, 9.17) is 0 Å². The highest BCUT2D eigenvalue weighted by molar-refractivity contribution is 6.08. The number of nitrogens with zero attached hydrogens (tertiary/aromatic N) is 1. The molecule has 0 aliphatic heterocycles. The van der Waals surface area contributed by atoms with E-state index in [0.717, 1.165) is 33.6 Å². The van der Waals surface area contributed by atoms with Gasteiger partial charge in [-0.15, -0.1) is 0 Å².